The van der Waals surface area contributed by atoms with E-state index in [2.05, 4.69) is 15.9 Å². The van der Waals surface area contributed by atoms with E-state index in [1.54, 1.807) is 6.07 Å². The molecule has 108 valence electrons. The zero-order valence-electron chi connectivity index (χ0n) is 10.9. The lowest BCUT2D eigenvalue weighted by molar-refractivity contribution is -0.127. The van der Waals surface area contributed by atoms with Gasteiger partial charge in [-0.25, -0.2) is 13.2 Å². The fraction of sp³-hybridized carbons (Fsp3) is 0.500. The second-order valence-electron chi connectivity index (χ2n) is 5.59. The molecule has 1 amide bonds. The van der Waals surface area contributed by atoms with Gasteiger partial charge < -0.3 is 4.90 Å². The molecule has 1 saturated carbocycles. The number of hydrogen-bond acceptors (Lipinski definition) is 1. The van der Waals surface area contributed by atoms with Gasteiger partial charge in [0.1, 0.15) is 5.82 Å². The average molecular weight is 348 g/mol. The van der Waals surface area contributed by atoms with Crippen molar-refractivity contribution >= 4 is 27.5 Å². The minimum atomic E-state index is -2.72. The van der Waals surface area contributed by atoms with Gasteiger partial charge in [0, 0.05) is 24.4 Å². The van der Waals surface area contributed by atoms with Gasteiger partial charge in [0.05, 0.1) is 11.1 Å². The Morgan fingerprint density at radius 2 is 1.80 bits per heavy atom. The van der Waals surface area contributed by atoms with Gasteiger partial charge in [-0.1, -0.05) is 15.9 Å². The van der Waals surface area contributed by atoms with Gasteiger partial charge in [-0.3, -0.25) is 4.79 Å². The Morgan fingerprint density at radius 3 is 2.40 bits per heavy atom. The lowest BCUT2D eigenvalue weighted by Crippen LogP contribution is -2.44. The van der Waals surface area contributed by atoms with Crippen LogP contribution in [0.3, 0.4) is 0 Å². The van der Waals surface area contributed by atoms with Crippen LogP contribution in [0, 0.1) is 5.82 Å². The normalized spacial score (nSPS) is 23.2. The number of anilines is 1. The van der Waals surface area contributed by atoms with E-state index in [0.29, 0.717) is 10.0 Å². The predicted octanol–water partition coefficient (Wildman–Crippen LogP) is 4.01. The molecule has 1 aromatic carbocycles. The summed E-state index contributed by atoms with van der Waals surface area (Å²) in [5.74, 6) is -3.50. The number of amides is 1. The number of likely N-dealkylation sites (N-methyl/N-ethyl adjacent to an activating group) is 1. The van der Waals surface area contributed by atoms with Gasteiger partial charge in [-0.05, 0) is 30.5 Å². The quantitative estimate of drug-likeness (QED) is 0.694. The van der Waals surface area contributed by atoms with Crippen LogP contribution in [0.2, 0.25) is 0 Å². The third-order valence-electron chi connectivity index (χ3n) is 4.43. The molecule has 2 nitrogen and oxygen atoms in total. The van der Waals surface area contributed by atoms with E-state index in [9.17, 15) is 18.0 Å². The zero-order chi connectivity index (χ0) is 14.7. The van der Waals surface area contributed by atoms with Crippen molar-refractivity contribution in [2.75, 3.05) is 11.9 Å². The van der Waals surface area contributed by atoms with Gasteiger partial charge in [-0.15, -0.1) is 0 Å². The number of rotatable bonds is 0. The summed E-state index contributed by atoms with van der Waals surface area (Å²) in [6.45, 7) is 0. The van der Waals surface area contributed by atoms with Gasteiger partial charge in [0.25, 0.3) is 0 Å². The Kier molecular flexibility index (Phi) is 2.94. The van der Waals surface area contributed by atoms with Crippen molar-refractivity contribution in [3.63, 3.8) is 0 Å². The summed E-state index contributed by atoms with van der Waals surface area (Å²) in [5.41, 5.74) is -0.230. The molecule has 1 aliphatic heterocycles. The molecule has 0 aromatic heterocycles. The first-order valence-electron chi connectivity index (χ1n) is 6.42. The zero-order valence-corrected chi connectivity index (χ0v) is 12.4. The first-order chi connectivity index (χ1) is 9.27. The van der Waals surface area contributed by atoms with Crippen molar-refractivity contribution in [1.82, 2.24) is 0 Å². The summed E-state index contributed by atoms with van der Waals surface area (Å²) < 4.78 is 41.4. The van der Waals surface area contributed by atoms with Crippen LogP contribution in [-0.4, -0.2) is 18.9 Å². The highest BCUT2D eigenvalue weighted by Gasteiger charge is 2.55. The summed E-state index contributed by atoms with van der Waals surface area (Å²) >= 11 is 3.21. The third-order valence-corrected chi connectivity index (χ3v) is 4.89. The average Bonchev–Trinajstić information content (AvgIpc) is 2.56. The van der Waals surface area contributed by atoms with Crippen LogP contribution in [0.4, 0.5) is 18.9 Å². The van der Waals surface area contributed by atoms with E-state index < -0.39 is 17.2 Å². The first kappa shape index (κ1) is 13.9. The highest BCUT2D eigenvalue weighted by molar-refractivity contribution is 9.10. The van der Waals surface area contributed by atoms with Crippen molar-refractivity contribution in [2.24, 2.45) is 0 Å². The molecule has 0 bridgehead atoms. The van der Waals surface area contributed by atoms with E-state index in [1.807, 2.05) is 0 Å². The van der Waals surface area contributed by atoms with Gasteiger partial charge in [0.2, 0.25) is 11.8 Å². The van der Waals surface area contributed by atoms with Crippen LogP contribution >= 0.6 is 15.9 Å². The SMILES string of the molecule is CN1C(=O)C2(CCC(F)(F)CC2)c2cc(Br)cc(F)c21. The smallest absolute Gasteiger partial charge is 0.248 e. The molecule has 0 unspecified atom stereocenters. The second-order valence-corrected chi connectivity index (χ2v) is 6.50. The lowest BCUT2D eigenvalue weighted by atomic mass is 9.69. The predicted molar refractivity (Wildman–Crippen MR) is 72.6 cm³/mol. The van der Waals surface area contributed by atoms with Crippen LogP contribution < -0.4 is 4.90 Å². The molecule has 0 radical (unpaired) electrons. The molecule has 0 N–H and O–H groups in total. The van der Waals surface area contributed by atoms with Crippen LogP contribution in [0.5, 0.6) is 0 Å². The monoisotopic (exact) mass is 347 g/mol. The van der Waals surface area contributed by atoms with Crippen molar-refractivity contribution < 1.29 is 18.0 Å². The molecule has 20 heavy (non-hydrogen) atoms. The van der Waals surface area contributed by atoms with Crippen molar-refractivity contribution in [3.05, 3.63) is 28.0 Å². The fourth-order valence-corrected chi connectivity index (χ4v) is 3.77. The Bertz CT molecular complexity index is 592. The summed E-state index contributed by atoms with van der Waals surface area (Å²) in [4.78, 5) is 13.8. The Balaban J connectivity index is 2.14. The molecule has 1 heterocycles. The molecule has 2 aliphatic rings. The maximum Gasteiger partial charge on any atom is 0.248 e. The molecule has 1 spiro atoms. The maximum atomic E-state index is 14.1. The van der Waals surface area contributed by atoms with E-state index in [1.165, 1.54) is 18.0 Å². The van der Waals surface area contributed by atoms with E-state index in [4.69, 9.17) is 0 Å². The summed E-state index contributed by atoms with van der Waals surface area (Å²) in [6, 6.07) is 2.97. The largest absolute Gasteiger partial charge is 0.312 e. The van der Waals surface area contributed by atoms with Crippen molar-refractivity contribution in [1.29, 1.82) is 0 Å². The lowest BCUT2D eigenvalue weighted by Gasteiger charge is -2.36. The van der Waals surface area contributed by atoms with Crippen LogP contribution in [-0.2, 0) is 10.2 Å². The van der Waals surface area contributed by atoms with Crippen molar-refractivity contribution in [2.45, 2.75) is 37.0 Å². The van der Waals surface area contributed by atoms with E-state index >= 15 is 0 Å². The molecule has 1 aromatic rings. The topological polar surface area (TPSA) is 20.3 Å². The number of alkyl halides is 2. The molecule has 3 rings (SSSR count). The molecule has 0 saturated heterocycles. The van der Waals surface area contributed by atoms with Crippen LogP contribution in [0.25, 0.3) is 0 Å². The summed E-state index contributed by atoms with van der Waals surface area (Å²) in [7, 11) is 1.50. The number of fused-ring (bicyclic) bond motifs is 2. The van der Waals surface area contributed by atoms with Gasteiger partial charge in [-0.2, -0.15) is 0 Å². The van der Waals surface area contributed by atoms with Crippen LogP contribution in [0.15, 0.2) is 16.6 Å². The molecular weight excluding hydrogens is 335 g/mol. The Hall–Kier alpha value is -1.04. The number of hydrogen-bond donors (Lipinski definition) is 0. The number of benzene rings is 1. The van der Waals surface area contributed by atoms with Gasteiger partial charge >= 0.3 is 0 Å². The standard InChI is InChI=1S/C14H13BrF3NO/c1-19-11-9(6-8(15)7-10(11)16)13(12(19)20)2-4-14(17,18)5-3-13/h6-7H,2-5H2,1H3. The first-order valence-corrected chi connectivity index (χ1v) is 7.22. The maximum absolute atomic E-state index is 14.1. The Morgan fingerprint density at radius 1 is 1.20 bits per heavy atom. The number of carbonyl (C=O) groups is 1. The van der Waals surface area contributed by atoms with Crippen molar-refractivity contribution in [3.8, 4) is 0 Å². The minimum absolute atomic E-state index is 0.0616. The fourth-order valence-electron chi connectivity index (χ4n) is 3.34. The third kappa shape index (κ3) is 1.80. The molecule has 1 fully saturated rings. The Labute approximate surface area is 123 Å². The molecular formula is C14H13BrF3NO. The molecule has 0 atom stereocenters. The highest BCUT2D eigenvalue weighted by Crippen LogP contribution is 2.53. The molecule has 6 heteroatoms. The molecule has 1 aliphatic carbocycles. The highest BCUT2D eigenvalue weighted by atomic mass is 79.9. The number of halogens is 4. The second kappa shape index (κ2) is 4.23. The van der Waals surface area contributed by atoms with Gasteiger partial charge in [0.15, 0.2) is 0 Å². The summed E-state index contributed by atoms with van der Waals surface area (Å²) in [5, 5.41) is 0. The summed E-state index contributed by atoms with van der Waals surface area (Å²) in [6.07, 6.45) is -0.543. The van der Waals surface area contributed by atoms with E-state index in [-0.39, 0.29) is 37.3 Å². The number of nitrogens with zero attached hydrogens (tertiary/aromatic N) is 1. The van der Waals surface area contributed by atoms with E-state index in [0.717, 1.165) is 0 Å². The minimum Gasteiger partial charge on any atom is -0.312 e. The van der Waals surface area contributed by atoms with Crippen LogP contribution in [0.1, 0.15) is 31.2 Å². The number of carbonyl (C=O) groups excluding carboxylic acids is 1.